The lowest BCUT2D eigenvalue weighted by atomic mass is 10.2. The number of amides is 1. The summed E-state index contributed by atoms with van der Waals surface area (Å²) < 4.78 is 5.48. The molecule has 0 aromatic carbocycles. The van der Waals surface area contributed by atoms with Crippen LogP contribution in [0.5, 0.6) is 0 Å². The van der Waals surface area contributed by atoms with Crippen LogP contribution in [0.25, 0.3) is 0 Å². The smallest absolute Gasteiger partial charge is 0.207 e. The second-order valence-electron chi connectivity index (χ2n) is 2.91. The van der Waals surface area contributed by atoms with Gasteiger partial charge in [-0.25, -0.2) is 0 Å². The fourth-order valence-electron chi connectivity index (χ4n) is 1.30. The van der Waals surface area contributed by atoms with E-state index in [0.717, 1.165) is 45.5 Å². The van der Waals surface area contributed by atoms with Gasteiger partial charge in [-0.3, -0.25) is 4.79 Å². The van der Waals surface area contributed by atoms with Crippen molar-refractivity contribution in [2.75, 3.05) is 26.2 Å². The molecule has 1 saturated heterocycles. The lowest BCUT2D eigenvalue weighted by Gasteiger charge is -2.23. The number of hydrogen-bond acceptors (Lipinski definition) is 3. The zero-order valence-corrected chi connectivity index (χ0v) is 7.21. The summed E-state index contributed by atoms with van der Waals surface area (Å²) in [5.74, 6) is 0. The van der Waals surface area contributed by atoms with Crippen molar-refractivity contribution < 1.29 is 9.53 Å². The molecule has 1 rings (SSSR count). The molecule has 2 N–H and O–H groups in total. The topological polar surface area (TPSA) is 50.4 Å². The fraction of sp³-hybridized carbons (Fsp3) is 0.875. The highest BCUT2D eigenvalue weighted by molar-refractivity contribution is 5.45. The summed E-state index contributed by atoms with van der Waals surface area (Å²) >= 11 is 0. The Morgan fingerprint density at radius 2 is 2.58 bits per heavy atom. The van der Waals surface area contributed by atoms with Crippen LogP contribution in [0.4, 0.5) is 0 Å². The molecule has 0 aromatic heterocycles. The van der Waals surface area contributed by atoms with E-state index in [1.165, 1.54) is 0 Å². The van der Waals surface area contributed by atoms with Gasteiger partial charge in [0.05, 0.1) is 12.7 Å². The first-order chi connectivity index (χ1) is 5.93. The number of rotatable bonds is 5. The summed E-state index contributed by atoms with van der Waals surface area (Å²) in [6.07, 6.45) is 3.09. The predicted molar refractivity (Wildman–Crippen MR) is 45.9 cm³/mol. The lowest BCUT2D eigenvalue weighted by molar-refractivity contribution is -0.109. The molecule has 1 fully saturated rings. The van der Waals surface area contributed by atoms with Crippen LogP contribution in [0.3, 0.4) is 0 Å². The summed E-state index contributed by atoms with van der Waals surface area (Å²) in [6.45, 7) is 3.47. The lowest BCUT2D eigenvalue weighted by Crippen LogP contribution is -2.38. The first-order valence-electron chi connectivity index (χ1n) is 4.43. The van der Waals surface area contributed by atoms with Gasteiger partial charge in [0, 0.05) is 19.6 Å². The van der Waals surface area contributed by atoms with Gasteiger partial charge in [-0.1, -0.05) is 0 Å². The Morgan fingerprint density at radius 3 is 3.25 bits per heavy atom. The van der Waals surface area contributed by atoms with Gasteiger partial charge in [0.25, 0.3) is 0 Å². The van der Waals surface area contributed by atoms with E-state index in [9.17, 15) is 4.79 Å². The van der Waals surface area contributed by atoms with Gasteiger partial charge in [0.1, 0.15) is 0 Å². The van der Waals surface area contributed by atoms with Gasteiger partial charge in [0.2, 0.25) is 6.41 Å². The molecule has 70 valence electrons. The molecule has 0 saturated carbocycles. The maximum atomic E-state index is 9.90. The number of carbonyl (C=O) groups excluding carboxylic acids is 1. The highest BCUT2D eigenvalue weighted by Crippen LogP contribution is 2.03. The molecule has 0 aliphatic carbocycles. The zero-order valence-electron chi connectivity index (χ0n) is 7.21. The van der Waals surface area contributed by atoms with E-state index in [0.29, 0.717) is 6.10 Å². The summed E-state index contributed by atoms with van der Waals surface area (Å²) in [6, 6.07) is 0. The van der Waals surface area contributed by atoms with Crippen LogP contribution < -0.4 is 10.6 Å². The van der Waals surface area contributed by atoms with Crippen LogP contribution in [0, 0.1) is 0 Å². The first-order valence-corrected chi connectivity index (χ1v) is 4.43. The number of hydrogen-bond donors (Lipinski definition) is 2. The predicted octanol–water partition coefficient (Wildman–Crippen LogP) is -0.499. The zero-order chi connectivity index (χ0) is 8.65. The van der Waals surface area contributed by atoms with Crippen molar-refractivity contribution in [3.8, 4) is 0 Å². The van der Waals surface area contributed by atoms with Gasteiger partial charge >= 0.3 is 0 Å². The highest BCUT2D eigenvalue weighted by atomic mass is 16.5. The number of carbonyl (C=O) groups is 1. The number of morpholine rings is 1. The van der Waals surface area contributed by atoms with Crippen LogP contribution in [0.15, 0.2) is 0 Å². The average Bonchev–Trinajstić information content (AvgIpc) is 2.14. The van der Waals surface area contributed by atoms with E-state index < -0.39 is 0 Å². The molecule has 1 aliphatic rings. The van der Waals surface area contributed by atoms with Crippen LogP contribution in [-0.2, 0) is 9.53 Å². The fourth-order valence-corrected chi connectivity index (χ4v) is 1.30. The molecule has 1 heterocycles. The molecule has 4 heteroatoms. The van der Waals surface area contributed by atoms with Crippen molar-refractivity contribution in [3.63, 3.8) is 0 Å². The van der Waals surface area contributed by atoms with E-state index in [4.69, 9.17) is 4.74 Å². The standard InChI is InChI=1S/C8H16N2O2/c11-7-10-3-1-2-8-6-9-4-5-12-8/h7-9H,1-6H2,(H,10,11). The Hall–Kier alpha value is -0.610. The molecule has 0 radical (unpaired) electrons. The quantitative estimate of drug-likeness (QED) is 0.434. The van der Waals surface area contributed by atoms with Crippen molar-refractivity contribution in [1.29, 1.82) is 0 Å². The SMILES string of the molecule is O=CNCCCC1CNCCO1. The van der Waals surface area contributed by atoms with Gasteiger partial charge in [-0.15, -0.1) is 0 Å². The Balaban J connectivity index is 1.94. The summed E-state index contributed by atoms with van der Waals surface area (Å²) in [7, 11) is 0. The highest BCUT2D eigenvalue weighted by Gasteiger charge is 2.11. The molecule has 12 heavy (non-hydrogen) atoms. The van der Waals surface area contributed by atoms with Gasteiger partial charge in [0.15, 0.2) is 0 Å². The minimum atomic E-state index is 0.340. The summed E-state index contributed by atoms with van der Waals surface area (Å²) in [5, 5.41) is 5.89. The maximum Gasteiger partial charge on any atom is 0.207 e. The van der Waals surface area contributed by atoms with Crippen LogP contribution in [-0.4, -0.2) is 38.8 Å². The molecule has 4 nitrogen and oxygen atoms in total. The molecule has 0 bridgehead atoms. The van der Waals surface area contributed by atoms with Crippen LogP contribution in [0.2, 0.25) is 0 Å². The van der Waals surface area contributed by atoms with E-state index in [2.05, 4.69) is 10.6 Å². The molecule has 1 aliphatic heterocycles. The number of nitrogens with one attached hydrogen (secondary N) is 2. The van der Waals surface area contributed by atoms with E-state index in [-0.39, 0.29) is 0 Å². The first kappa shape index (κ1) is 9.48. The second kappa shape index (κ2) is 5.97. The van der Waals surface area contributed by atoms with E-state index in [1.807, 2.05) is 0 Å². The van der Waals surface area contributed by atoms with Gasteiger partial charge in [-0.2, -0.15) is 0 Å². The number of ether oxygens (including phenoxy) is 1. The Bertz CT molecular complexity index is 124. The van der Waals surface area contributed by atoms with Crippen molar-refractivity contribution in [2.24, 2.45) is 0 Å². The Kier molecular flexibility index (Phi) is 4.71. The Labute approximate surface area is 72.7 Å². The minimum Gasteiger partial charge on any atom is -0.376 e. The molecule has 0 spiro atoms. The van der Waals surface area contributed by atoms with E-state index >= 15 is 0 Å². The minimum absolute atomic E-state index is 0.340. The van der Waals surface area contributed by atoms with Gasteiger partial charge < -0.3 is 15.4 Å². The normalized spacial score (nSPS) is 23.5. The molecule has 1 amide bonds. The van der Waals surface area contributed by atoms with Crippen LogP contribution >= 0.6 is 0 Å². The average molecular weight is 172 g/mol. The molecule has 0 aromatic rings. The van der Waals surface area contributed by atoms with Crippen molar-refractivity contribution >= 4 is 6.41 Å². The largest absolute Gasteiger partial charge is 0.376 e. The Morgan fingerprint density at radius 1 is 1.67 bits per heavy atom. The second-order valence-corrected chi connectivity index (χ2v) is 2.91. The van der Waals surface area contributed by atoms with Gasteiger partial charge in [-0.05, 0) is 12.8 Å². The third-order valence-corrected chi connectivity index (χ3v) is 1.93. The van der Waals surface area contributed by atoms with Crippen molar-refractivity contribution in [1.82, 2.24) is 10.6 Å². The van der Waals surface area contributed by atoms with Crippen LogP contribution in [0.1, 0.15) is 12.8 Å². The summed E-state index contributed by atoms with van der Waals surface area (Å²) in [4.78, 5) is 9.90. The van der Waals surface area contributed by atoms with E-state index in [1.54, 1.807) is 0 Å². The molecule has 1 unspecified atom stereocenters. The maximum absolute atomic E-state index is 9.90. The third kappa shape index (κ3) is 3.69. The third-order valence-electron chi connectivity index (χ3n) is 1.93. The monoisotopic (exact) mass is 172 g/mol. The molecular weight excluding hydrogens is 156 g/mol. The summed E-state index contributed by atoms with van der Waals surface area (Å²) in [5.41, 5.74) is 0. The van der Waals surface area contributed by atoms with Crippen molar-refractivity contribution in [3.05, 3.63) is 0 Å². The molecular formula is C8H16N2O2. The molecule has 1 atom stereocenters. The van der Waals surface area contributed by atoms with Crippen molar-refractivity contribution in [2.45, 2.75) is 18.9 Å².